The van der Waals surface area contributed by atoms with Gasteiger partial charge in [0, 0.05) is 62.4 Å². The number of methoxy groups -OCH3 is 1. The summed E-state index contributed by atoms with van der Waals surface area (Å²) in [7, 11) is 1.83. The number of nitrogens with zero attached hydrogens (tertiary/aromatic N) is 3. The molecular formula is C24H31N3O2. The number of ether oxygens (including phenoxy) is 1. The van der Waals surface area contributed by atoms with Crippen LogP contribution in [-0.2, 0) is 4.74 Å². The molecule has 2 aromatic rings. The minimum atomic E-state index is 0.155. The van der Waals surface area contributed by atoms with Gasteiger partial charge >= 0.3 is 0 Å². The van der Waals surface area contributed by atoms with E-state index in [9.17, 15) is 4.79 Å². The van der Waals surface area contributed by atoms with Crippen molar-refractivity contribution in [3.63, 3.8) is 0 Å². The third-order valence-corrected chi connectivity index (χ3v) is 7.69. The van der Waals surface area contributed by atoms with E-state index in [0.717, 1.165) is 55.0 Å². The number of pyridine rings is 1. The molecule has 0 radical (unpaired) electrons. The summed E-state index contributed by atoms with van der Waals surface area (Å²) in [6.45, 7) is 4.90. The van der Waals surface area contributed by atoms with Gasteiger partial charge in [-0.25, -0.2) is 0 Å². The Morgan fingerprint density at radius 3 is 2.79 bits per heavy atom. The molecule has 1 aromatic heterocycles. The third kappa shape index (κ3) is 3.44. The highest BCUT2D eigenvalue weighted by molar-refractivity contribution is 5.98. The summed E-state index contributed by atoms with van der Waals surface area (Å²) in [5, 5.41) is 1.03. The molecule has 3 aliphatic rings. The van der Waals surface area contributed by atoms with Gasteiger partial charge in [-0.1, -0.05) is 12.5 Å². The number of hydrogen-bond acceptors (Lipinski definition) is 4. The zero-order valence-electron chi connectivity index (χ0n) is 17.3. The van der Waals surface area contributed by atoms with E-state index in [1.54, 1.807) is 6.20 Å². The molecule has 3 heterocycles. The summed E-state index contributed by atoms with van der Waals surface area (Å²) in [5.74, 6) is 0.750. The SMILES string of the molecule is COC[C@H]1CN(C2CCC2)CC12CCN(C(=O)c1ccc3ncccc3c1)CC2. The fourth-order valence-electron chi connectivity index (χ4n) is 5.65. The van der Waals surface area contributed by atoms with Crippen LogP contribution < -0.4 is 0 Å². The van der Waals surface area contributed by atoms with E-state index in [0.29, 0.717) is 11.3 Å². The van der Waals surface area contributed by atoms with Crippen molar-refractivity contribution in [2.24, 2.45) is 11.3 Å². The van der Waals surface area contributed by atoms with Crippen molar-refractivity contribution in [2.45, 2.75) is 38.1 Å². The number of amides is 1. The van der Waals surface area contributed by atoms with E-state index in [4.69, 9.17) is 4.74 Å². The number of carbonyl (C=O) groups is 1. The molecule has 1 atom stereocenters. The van der Waals surface area contributed by atoms with Crippen LogP contribution in [0.4, 0.5) is 0 Å². The molecule has 1 aromatic carbocycles. The molecular weight excluding hydrogens is 362 g/mol. The number of likely N-dealkylation sites (tertiary alicyclic amines) is 2. The van der Waals surface area contributed by atoms with Crippen LogP contribution in [0.3, 0.4) is 0 Å². The molecule has 0 bridgehead atoms. The zero-order valence-corrected chi connectivity index (χ0v) is 17.3. The molecule has 0 unspecified atom stereocenters. The number of aromatic nitrogens is 1. The molecule has 5 nitrogen and oxygen atoms in total. The average Bonchev–Trinajstić information content (AvgIpc) is 3.03. The molecule has 1 saturated carbocycles. The maximum absolute atomic E-state index is 13.2. The molecule has 3 fully saturated rings. The Balaban J connectivity index is 1.28. The summed E-state index contributed by atoms with van der Waals surface area (Å²) in [6.07, 6.45) is 8.07. The molecule has 1 amide bonds. The van der Waals surface area contributed by atoms with Crippen molar-refractivity contribution < 1.29 is 9.53 Å². The first-order chi connectivity index (χ1) is 14.2. The first-order valence-electron chi connectivity index (χ1n) is 11.1. The Labute approximate surface area is 173 Å². The standard InChI is InChI=1S/C24H31N3O2/c1-29-16-20-15-27(21-5-2-6-21)17-24(20)9-12-26(13-10-24)23(28)19-7-8-22-18(14-19)4-3-11-25-22/h3-4,7-8,11,14,20-21H,2,5-6,9-10,12-13,15-17H2,1H3/t20-/m1/s1. The Bertz CT molecular complexity index is 887. The number of hydrogen-bond donors (Lipinski definition) is 0. The average molecular weight is 394 g/mol. The lowest BCUT2D eigenvalue weighted by molar-refractivity contribution is 0.0312. The predicted molar refractivity (Wildman–Crippen MR) is 114 cm³/mol. The van der Waals surface area contributed by atoms with Crippen molar-refractivity contribution in [3.8, 4) is 0 Å². The van der Waals surface area contributed by atoms with Crippen LogP contribution in [0.1, 0.15) is 42.5 Å². The van der Waals surface area contributed by atoms with Crippen molar-refractivity contribution in [2.75, 3.05) is 39.9 Å². The van der Waals surface area contributed by atoms with Gasteiger partial charge in [-0.05, 0) is 55.4 Å². The van der Waals surface area contributed by atoms with Gasteiger partial charge in [-0.3, -0.25) is 14.7 Å². The summed E-state index contributed by atoms with van der Waals surface area (Å²) < 4.78 is 5.60. The molecule has 5 heteroatoms. The summed E-state index contributed by atoms with van der Waals surface area (Å²) in [4.78, 5) is 22.3. The van der Waals surface area contributed by atoms with Crippen molar-refractivity contribution in [1.82, 2.24) is 14.8 Å². The van der Waals surface area contributed by atoms with Gasteiger partial charge < -0.3 is 9.64 Å². The second-order valence-corrected chi connectivity index (χ2v) is 9.23. The first-order valence-corrected chi connectivity index (χ1v) is 11.1. The minimum Gasteiger partial charge on any atom is -0.384 e. The van der Waals surface area contributed by atoms with E-state index in [2.05, 4.69) is 14.8 Å². The lowest BCUT2D eigenvalue weighted by Crippen LogP contribution is -2.47. The van der Waals surface area contributed by atoms with Crippen LogP contribution in [0.25, 0.3) is 10.9 Å². The number of fused-ring (bicyclic) bond motifs is 1. The molecule has 2 saturated heterocycles. The highest BCUT2D eigenvalue weighted by Crippen LogP contribution is 2.47. The highest BCUT2D eigenvalue weighted by atomic mass is 16.5. The van der Waals surface area contributed by atoms with Crippen LogP contribution in [-0.4, -0.2) is 66.6 Å². The number of piperidine rings is 1. The Morgan fingerprint density at radius 2 is 2.07 bits per heavy atom. The van der Waals surface area contributed by atoms with Gasteiger partial charge in [-0.2, -0.15) is 0 Å². The minimum absolute atomic E-state index is 0.155. The van der Waals surface area contributed by atoms with Gasteiger partial charge in [0.05, 0.1) is 12.1 Å². The van der Waals surface area contributed by atoms with Gasteiger partial charge in [-0.15, -0.1) is 0 Å². The van der Waals surface area contributed by atoms with Crippen LogP contribution in [0.5, 0.6) is 0 Å². The lowest BCUT2D eigenvalue weighted by atomic mass is 9.71. The van der Waals surface area contributed by atoms with E-state index in [-0.39, 0.29) is 5.91 Å². The smallest absolute Gasteiger partial charge is 0.253 e. The third-order valence-electron chi connectivity index (χ3n) is 7.69. The topological polar surface area (TPSA) is 45.7 Å². The van der Waals surface area contributed by atoms with E-state index < -0.39 is 0 Å². The monoisotopic (exact) mass is 393 g/mol. The fraction of sp³-hybridized carbons (Fsp3) is 0.583. The van der Waals surface area contributed by atoms with Crippen LogP contribution in [0.15, 0.2) is 36.5 Å². The van der Waals surface area contributed by atoms with Gasteiger partial charge in [0.2, 0.25) is 0 Å². The van der Waals surface area contributed by atoms with Crippen molar-refractivity contribution in [3.05, 3.63) is 42.1 Å². The first kappa shape index (κ1) is 19.0. The van der Waals surface area contributed by atoms with E-state index in [1.807, 2.05) is 37.4 Å². The van der Waals surface area contributed by atoms with E-state index in [1.165, 1.54) is 32.4 Å². The quantitative estimate of drug-likeness (QED) is 0.796. The molecule has 2 aliphatic heterocycles. The highest BCUT2D eigenvalue weighted by Gasteiger charge is 2.50. The second-order valence-electron chi connectivity index (χ2n) is 9.23. The second kappa shape index (κ2) is 7.69. The molecule has 1 spiro atoms. The largest absolute Gasteiger partial charge is 0.384 e. The maximum atomic E-state index is 13.2. The lowest BCUT2D eigenvalue weighted by Gasteiger charge is -2.43. The normalized spacial score (nSPS) is 24.9. The predicted octanol–water partition coefficient (Wildman–Crippen LogP) is 3.59. The number of benzene rings is 1. The molecule has 154 valence electrons. The summed E-state index contributed by atoms with van der Waals surface area (Å²) in [6, 6.07) is 10.6. The Kier molecular flexibility index (Phi) is 5.04. The molecule has 5 rings (SSSR count). The Morgan fingerprint density at radius 1 is 1.24 bits per heavy atom. The molecule has 29 heavy (non-hydrogen) atoms. The summed E-state index contributed by atoms with van der Waals surface area (Å²) in [5.41, 5.74) is 2.03. The van der Waals surface area contributed by atoms with Crippen molar-refractivity contribution in [1.29, 1.82) is 0 Å². The molecule has 0 N–H and O–H groups in total. The maximum Gasteiger partial charge on any atom is 0.253 e. The van der Waals surface area contributed by atoms with Gasteiger partial charge in [0.15, 0.2) is 0 Å². The van der Waals surface area contributed by atoms with Gasteiger partial charge in [0.1, 0.15) is 0 Å². The molecule has 1 aliphatic carbocycles. The summed E-state index contributed by atoms with van der Waals surface area (Å²) >= 11 is 0. The van der Waals surface area contributed by atoms with Crippen LogP contribution >= 0.6 is 0 Å². The van der Waals surface area contributed by atoms with Crippen LogP contribution in [0, 0.1) is 11.3 Å². The fourth-order valence-corrected chi connectivity index (χ4v) is 5.65. The number of rotatable bonds is 4. The zero-order chi connectivity index (χ0) is 19.8. The number of carbonyl (C=O) groups excluding carboxylic acids is 1. The van der Waals surface area contributed by atoms with E-state index >= 15 is 0 Å². The van der Waals surface area contributed by atoms with Crippen molar-refractivity contribution >= 4 is 16.8 Å². The van der Waals surface area contributed by atoms with Gasteiger partial charge in [0.25, 0.3) is 5.91 Å². The van der Waals surface area contributed by atoms with Crippen LogP contribution in [0.2, 0.25) is 0 Å². The Hall–Kier alpha value is -1.98.